The van der Waals surface area contributed by atoms with Crippen molar-refractivity contribution in [2.24, 2.45) is 0 Å². The van der Waals surface area contributed by atoms with Crippen molar-refractivity contribution in [2.45, 2.75) is 18.8 Å². The summed E-state index contributed by atoms with van der Waals surface area (Å²) in [7, 11) is 0. The van der Waals surface area contributed by atoms with E-state index in [1.807, 2.05) is 0 Å². The number of ether oxygens (including phenoxy) is 1. The van der Waals surface area contributed by atoms with Crippen LogP contribution < -0.4 is 5.32 Å². The average Bonchev–Trinajstić information content (AvgIpc) is 2.58. The molecule has 0 aliphatic rings. The number of aliphatic hydroxyl groups is 1. The molecule has 1 aromatic heterocycles. The molecule has 0 bridgehead atoms. The van der Waals surface area contributed by atoms with Crippen molar-refractivity contribution in [2.75, 3.05) is 0 Å². The van der Waals surface area contributed by atoms with Crippen LogP contribution in [0.3, 0.4) is 0 Å². The lowest BCUT2D eigenvalue weighted by Crippen LogP contribution is -2.45. The monoisotopic (exact) mass is 334 g/mol. The molecule has 24 heavy (non-hydrogen) atoms. The van der Waals surface area contributed by atoms with E-state index in [9.17, 15) is 19.1 Å². The number of aliphatic hydroxyl groups excluding tert-OH is 1. The third-order valence-corrected chi connectivity index (χ3v) is 3.16. The first-order valence-corrected chi connectivity index (χ1v) is 6.97. The Morgan fingerprint density at radius 3 is 2.50 bits per heavy atom. The minimum atomic E-state index is -1.67. The average molecular weight is 334 g/mol. The first-order chi connectivity index (χ1) is 11.5. The molecule has 0 fully saturated rings. The lowest BCUT2D eigenvalue weighted by atomic mass is 10.0. The number of rotatable bonds is 6. The van der Waals surface area contributed by atoms with E-state index in [-0.39, 0.29) is 12.2 Å². The van der Waals surface area contributed by atoms with Crippen LogP contribution in [0.4, 0.5) is 9.18 Å². The molecule has 1 amide bonds. The molecule has 3 N–H and O–H groups in total. The first-order valence-electron chi connectivity index (χ1n) is 6.97. The minimum absolute atomic E-state index is 0.0483. The topological polar surface area (TPSA) is 109 Å². The number of carboxylic acids is 1. The Hall–Kier alpha value is -3.00. The van der Waals surface area contributed by atoms with Crippen molar-refractivity contribution >= 4 is 12.1 Å². The van der Waals surface area contributed by atoms with Crippen molar-refractivity contribution in [3.63, 3.8) is 0 Å². The number of nitrogens with zero attached hydrogens (tertiary/aromatic N) is 1. The summed E-state index contributed by atoms with van der Waals surface area (Å²) in [6.07, 6.45) is -1.62. The SMILES string of the molecule is O=C(N[C@H](C(=O)O)[C@H](O)c1ccc(F)nc1)OCc1ccccc1. The number of halogens is 1. The lowest BCUT2D eigenvalue weighted by molar-refractivity contribution is -0.142. The quantitative estimate of drug-likeness (QED) is 0.693. The zero-order valence-corrected chi connectivity index (χ0v) is 12.4. The van der Waals surface area contributed by atoms with Gasteiger partial charge in [0, 0.05) is 11.8 Å². The van der Waals surface area contributed by atoms with Crippen LogP contribution in [0.2, 0.25) is 0 Å². The van der Waals surface area contributed by atoms with Gasteiger partial charge >= 0.3 is 12.1 Å². The van der Waals surface area contributed by atoms with Crippen LogP contribution in [0.5, 0.6) is 0 Å². The fourth-order valence-electron chi connectivity index (χ4n) is 1.92. The van der Waals surface area contributed by atoms with Crippen molar-refractivity contribution in [1.29, 1.82) is 0 Å². The lowest BCUT2D eigenvalue weighted by Gasteiger charge is -2.20. The Morgan fingerprint density at radius 1 is 1.21 bits per heavy atom. The third-order valence-electron chi connectivity index (χ3n) is 3.16. The van der Waals surface area contributed by atoms with E-state index < -0.39 is 30.2 Å². The van der Waals surface area contributed by atoms with E-state index in [2.05, 4.69) is 10.3 Å². The van der Waals surface area contributed by atoms with E-state index in [4.69, 9.17) is 9.84 Å². The molecule has 2 aromatic rings. The highest BCUT2D eigenvalue weighted by Gasteiger charge is 2.30. The number of benzene rings is 1. The van der Waals surface area contributed by atoms with Crippen LogP contribution in [0.25, 0.3) is 0 Å². The number of pyridine rings is 1. The first kappa shape index (κ1) is 17.4. The summed E-state index contributed by atoms with van der Waals surface area (Å²) in [6.45, 7) is -0.0484. The van der Waals surface area contributed by atoms with E-state index in [1.54, 1.807) is 30.3 Å². The molecule has 2 rings (SSSR count). The molecular formula is C16H15FN2O5. The van der Waals surface area contributed by atoms with Crippen LogP contribution in [0.1, 0.15) is 17.2 Å². The smallest absolute Gasteiger partial charge is 0.408 e. The highest BCUT2D eigenvalue weighted by atomic mass is 19.1. The van der Waals surface area contributed by atoms with E-state index in [0.29, 0.717) is 0 Å². The van der Waals surface area contributed by atoms with Gasteiger partial charge in [0.15, 0.2) is 6.04 Å². The van der Waals surface area contributed by atoms with Crippen molar-refractivity contribution in [3.05, 3.63) is 65.7 Å². The van der Waals surface area contributed by atoms with E-state index in [1.165, 1.54) is 6.07 Å². The maximum Gasteiger partial charge on any atom is 0.408 e. The molecule has 126 valence electrons. The second-order valence-electron chi connectivity index (χ2n) is 4.88. The van der Waals surface area contributed by atoms with Crippen LogP contribution in [-0.4, -0.2) is 33.3 Å². The van der Waals surface area contributed by atoms with Gasteiger partial charge in [0.1, 0.15) is 12.7 Å². The predicted octanol–water partition coefficient (Wildman–Crippen LogP) is 1.63. The fourth-order valence-corrected chi connectivity index (χ4v) is 1.92. The van der Waals surface area contributed by atoms with Gasteiger partial charge in [-0.05, 0) is 11.6 Å². The number of nitrogens with one attached hydrogen (secondary N) is 1. The molecule has 0 aliphatic carbocycles. The maximum atomic E-state index is 12.8. The molecule has 0 saturated heterocycles. The van der Waals surface area contributed by atoms with Crippen LogP contribution in [0, 0.1) is 5.95 Å². The Bertz CT molecular complexity index is 693. The highest BCUT2D eigenvalue weighted by molar-refractivity contribution is 5.80. The van der Waals surface area contributed by atoms with Gasteiger partial charge in [0.05, 0.1) is 0 Å². The molecule has 0 unspecified atom stereocenters. The summed E-state index contributed by atoms with van der Waals surface area (Å²) in [5.41, 5.74) is 0.773. The second-order valence-corrected chi connectivity index (χ2v) is 4.88. The second kappa shape index (κ2) is 8.02. The molecular weight excluding hydrogens is 319 g/mol. The number of alkyl carbamates (subject to hydrolysis) is 1. The number of carbonyl (C=O) groups is 2. The van der Waals surface area contributed by atoms with Gasteiger partial charge in [-0.3, -0.25) is 0 Å². The van der Waals surface area contributed by atoms with Crippen molar-refractivity contribution < 1.29 is 28.9 Å². The van der Waals surface area contributed by atoms with Crippen molar-refractivity contribution in [3.8, 4) is 0 Å². The van der Waals surface area contributed by atoms with Gasteiger partial charge in [0.25, 0.3) is 0 Å². The van der Waals surface area contributed by atoms with Crippen LogP contribution in [-0.2, 0) is 16.1 Å². The number of carbonyl (C=O) groups excluding carboxylic acids is 1. The number of aromatic nitrogens is 1. The van der Waals surface area contributed by atoms with Gasteiger partial charge in [-0.2, -0.15) is 4.39 Å². The Labute approximate surface area is 136 Å². The largest absolute Gasteiger partial charge is 0.480 e. The predicted molar refractivity (Wildman–Crippen MR) is 80.3 cm³/mol. The number of carboxylic acid groups (broad SMARTS) is 1. The molecule has 7 nitrogen and oxygen atoms in total. The summed E-state index contributed by atoms with van der Waals surface area (Å²) in [4.78, 5) is 26.3. The number of amides is 1. The summed E-state index contributed by atoms with van der Waals surface area (Å²) in [5.74, 6) is -2.24. The van der Waals surface area contributed by atoms with Gasteiger partial charge < -0.3 is 20.3 Å². The maximum absolute atomic E-state index is 12.8. The summed E-state index contributed by atoms with van der Waals surface area (Å²) in [5, 5.41) is 21.3. The van der Waals surface area contributed by atoms with Gasteiger partial charge in [-0.15, -0.1) is 0 Å². The summed E-state index contributed by atoms with van der Waals surface area (Å²) in [6, 6.07) is 9.30. The van der Waals surface area contributed by atoms with Gasteiger partial charge in [0.2, 0.25) is 5.95 Å². The van der Waals surface area contributed by atoms with Gasteiger partial charge in [-0.1, -0.05) is 36.4 Å². The molecule has 1 aromatic carbocycles. The Morgan fingerprint density at radius 2 is 1.92 bits per heavy atom. The molecule has 8 heteroatoms. The Balaban J connectivity index is 1.98. The number of hydrogen-bond donors (Lipinski definition) is 3. The molecule has 0 radical (unpaired) electrons. The van der Waals surface area contributed by atoms with E-state index in [0.717, 1.165) is 17.8 Å². The van der Waals surface area contributed by atoms with Crippen molar-refractivity contribution in [1.82, 2.24) is 10.3 Å². The third kappa shape index (κ3) is 4.75. The Kier molecular flexibility index (Phi) is 5.80. The van der Waals surface area contributed by atoms with E-state index >= 15 is 0 Å². The molecule has 0 aliphatic heterocycles. The molecule has 0 spiro atoms. The number of hydrogen-bond acceptors (Lipinski definition) is 5. The normalized spacial score (nSPS) is 12.9. The summed E-state index contributed by atoms with van der Waals surface area (Å²) >= 11 is 0. The summed E-state index contributed by atoms with van der Waals surface area (Å²) < 4.78 is 17.7. The highest BCUT2D eigenvalue weighted by Crippen LogP contribution is 2.16. The minimum Gasteiger partial charge on any atom is -0.480 e. The molecule has 0 saturated carbocycles. The zero-order valence-electron chi connectivity index (χ0n) is 12.4. The standard InChI is InChI=1S/C16H15FN2O5/c17-12-7-6-11(8-18-12)14(20)13(15(21)22)19-16(23)24-9-10-4-2-1-3-5-10/h1-8,13-14,20H,9H2,(H,19,23)(H,21,22)/t13-,14+/m0/s1. The van der Waals surface area contributed by atoms with Crippen LogP contribution >= 0.6 is 0 Å². The zero-order chi connectivity index (χ0) is 17.5. The molecule has 2 atom stereocenters. The van der Waals surface area contributed by atoms with Crippen LogP contribution in [0.15, 0.2) is 48.7 Å². The van der Waals surface area contributed by atoms with Gasteiger partial charge in [-0.25, -0.2) is 14.6 Å². The fraction of sp³-hybridized carbons (Fsp3) is 0.188. The number of aliphatic carboxylic acids is 1. The molecule has 1 heterocycles.